The lowest BCUT2D eigenvalue weighted by atomic mass is 10.2. The average Bonchev–Trinajstić information content (AvgIpc) is 3.32. The van der Waals surface area contributed by atoms with Crippen LogP contribution in [0.5, 0.6) is 0 Å². The normalized spacial score (nSPS) is 17.3. The predicted molar refractivity (Wildman–Crippen MR) is 88.5 cm³/mol. The Bertz CT molecular complexity index is 765. The van der Waals surface area contributed by atoms with Crippen LogP contribution in [0.4, 0.5) is 0 Å². The van der Waals surface area contributed by atoms with Gasteiger partial charge in [-0.05, 0) is 24.8 Å². The number of aromatic nitrogens is 2. The van der Waals surface area contributed by atoms with E-state index in [0.29, 0.717) is 31.0 Å². The number of nitrogens with one attached hydrogen (secondary N) is 1. The highest BCUT2D eigenvalue weighted by atomic mass is 16.2. The second-order valence-corrected chi connectivity index (χ2v) is 6.45. The van der Waals surface area contributed by atoms with Crippen LogP contribution < -0.4 is 5.32 Å². The number of hydrogen-bond acceptors (Lipinski definition) is 3. The SMILES string of the molecule is O=C(NC1CC1)c1cc2n(n1)CCCN(Cc1ccccc1)C2=O. The summed E-state index contributed by atoms with van der Waals surface area (Å²) in [6.07, 6.45) is 2.89. The molecule has 1 fully saturated rings. The largest absolute Gasteiger partial charge is 0.348 e. The maximum Gasteiger partial charge on any atom is 0.272 e. The van der Waals surface area contributed by atoms with Crippen LogP contribution in [0.25, 0.3) is 0 Å². The zero-order valence-electron chi connectivity index (χ0n) is 13.4. The van der Waals surface area contributed by atoms with Gasteiger partial charge in [0.1, 0.15) is 5.69 Å². The smallest absolute Gasteiger partial charge is 0.272 e. The lowest BCUT2D eigenvalue weighted by Gasteiger charge is -2.20. The van der Waals surface area contributed by atoms with Crippen LogP contribution in [0.15, 0.2) is 36.4 Å². The van der Waals surface area contributed by atoms with Gasteiger partial charge in [-0.3, -0.25) is 14.3 Å². The molecule has 1 saturated carbocycles. The summed E-state index contributed by atoms with van der Waals surface area (Å²) in [5.74, 6) is -0.241. The van der Waals surface area contributed by atoms with Gasteiger partial charge in [-0.2, -0.15) is 5.10 Å². The topological polar surface area (TPSA) is 67.2 Å². The third-order valence-corrected chi connectivity index (χ3v) is 4.45. The molecule has 24 heavy (non-hydrogen) atoms. The number of amides is 2. The van der Waals surface area contributed by atoms with Gasteiger partial charge in [0, 0.05) is 31.7 Å². The van der Waals surface area contributed by atoms with Gasteiger partial charge >= 0.3 is 0 Å². The Hall–Kier alpha value is -2.63. The van der Waals surface area contributed by atoms with Gasteiger partial charge in [0.25, 0.3) is 11.8 Å². The number of nitrogens with zero attached hydrogens (tertiary/aromatic N) is 3. The summed E-state index contributed by atoms with van der Waals surface area (Å²) in [7, 11) is 0. The third-order valence-electron chi connectivity index (χ3n) is 4.45. The molecule has 6 heteroatoms. The van der Waals surface area contributed by atoms with Crippen molar-refractivity contribution in [3.05, 3.63) is 53.3 Å². The van der Waals surface area contributed by atoms with Crippen LogP contribution in [0.1, 0.15) is 45.8 Å². The fourth-order valence-corrected chi connectivity index (χ4v) is 2.99. The van der Waals surface area contributed by atoms with E-state index in [4.69, 9.17) is 0 Å². The van der Waals surface area contributed by atoms with Crippen molar-refractivity contribution < 1.29 is 9.59 Å². The number of carbonyl (C=O) groups excluding carboxylic acids is 2. The first-order valence-corrected chi connectivity index (χ1v) is 8.42. The lowest BCUT2D eigenvalue weighted by molar-refractivity contribution is 0.0745. The fraction of sp³-hybridized carbons (Fsp3) is 0.389. The summed E-state index contributed by atoms with van der Waals surface area (Å²) in [5.41, 5.74) is 1.95. The van der Waals surface area contributed by atoms with Crippen LogP contribution in [-0.4, -0.2) is 39.1 Å². The molecule has 0 radical (unpaired) electrons. The zero-order valence-corrected chi connectivity index (χ0v) is 13.4. The molecule has 2 amide bonds. The first kappa shape index (κ1) is 14.9. The van der Waals surface area contributed by atoms with E-state index in [-0.39, 0.29) is 17.9 Å². The number of carbonyl (C=O) groups is 2. The van der Waals surface area contributed by atoms with Crippen molar-refractivity contribution in [2.45, 2.75) is 38.4 Å². The van der Waals surface area contributed by atoms with E-state index >= 15 is 0 Å². The van der Waals surface area contributed by atoms with Gasteiger partial charge < -0.3 is 10.2 Å². The standard InChI is InChI=1S/C18H20N4O2/c23-17(19-14-7-8-14)15-11-16-18(24)21(9-4-10-22(16)20-15)12-13-5-2-1-3-6-13/h1-3,5-6,11,14H,4,7-10,12H2,(H,19,23). The van der Waals surface area contributed by atoms with E-state index in [1.807, 2.05) is 35.2 Å². The highest BCUT2D eigenvalue weighted by Gasteiger charge is 2.29. The van der Waals surface area contributed by atoms with Crippen molar-refractivity contribution >= 4 is 11.8 Å². The van der Waals surface area contributed by atoms with Gasteiger partial charge in [0.15, 0.2) is 5.69 Å². The van der Waals surface area contributed by atoms with Gasteiger partial charge in [-0.15, -0.1) is 0 Å². The Balaban J connectivity index is 1.54. The Morgan fingerprint density at radius 1 is 1.21 bits per heavy atom. The van der Waals surface area contributed by atoms with E-state index in [2.05, 4.69) is 10.4 Å². The fourth-order valence-electron chi connectivity index (χ4n) is 2.99. The second kappa shape index (κ2) is 6.11. The van der Waals surface area contributed by atoms with Crippen molar-refractivity contribution in [1.82, 2.24) is 20.0 Å². The van der Waals surface area contributed by atoms with Crippen LogP contribution in [-0.2, 0) is 13.1 Å². The zero-order chi connectivity index (χ0) is 16.5. The molecule has 0 saturated heterocycles. The minimum Gasteiger partial charge on any atom is -0.348 e. The monoisotopic (exact) mass is 324 g/mol. The predicted octanol–water partition coefficient (Wildman–Crippen LogP) is 1.82. The number of fused-ring (bicyclic) bond motifs is 1. The third kappa shape index (κ3) is 3.04. The van der Waals surface area contributed by atoms with Gasteiger partial charge in [-0.1, -0.05) is 30.3 Å². The number of aryl methyl sites for hydroxylation is 1. The first-order chi connectivity index (χ1) is 11.7. The highest BCUT2D eigenvalue weighted by Crippen LogP contribution is 2.20. The van der Waals surface area contributed by atoms with Crippen molar-refractivity contribution in [1.29, 1.82) is 0 Å². The summed E-state index contributed by atoms with van der Waals surface area (Å²) >= 11 is 0. The Morgan fingerprint density at radius 3 is 2.75 bits per heavy atom. The molecular formula is C18H20N4O2. The average molecular weight is 324 g/mol. The first-order valence-electron chi connectivity index (χ1n) is 8.42. The summed E-state index contributed by atoms with van der Waals surface area (Å²) in [4.78, 5) is 26.8. The Morgan fingerprint density at radius 2 is 2.00 bits per heavy atom. The van der Waals surface area contributed by atoms with Crippen LogP contribution in [0, 0.1) is 0 Å². The van der Waals surface area contributed by atoms with Crippen LogP contribution in [0.2, 0.25) is 0 Å². The molecule has 6 nitrogen and oxygen atoms in total. The van der Waals surface area contributed by atoms with Crippen LogP contribution in [0.3, 0.4) is 0 Å². The number of rotatable bonds is 4. The molecule has 1 aromatic carbocycles. The van der Waals surface area contributed by atoms with Gasteiger partial charge in [0.2, 0.25) is 0 Å². The number of hydrogen-bond donors (Lipinski definition) is 1. The van der Waals surface area contributed by atoms with E-state index < -0.39 is 0 Å². The lowest BCUT2D eigenvalue weighted by Crippen LogP contribution is -2.30. The van der Waals surface area contributed by atoms with Gasteiger partial charge in [0.05, 0.1) is 0 Å². The molecular weight excluding hydrogens is 304 g/mol. The van der Waals surface area contributed by atoms with E-state index in [0.717, 1.165) is 24.8 Å². The van der Waals surface area contributed by atoms with Gasteiger partial charge in [-0.25, -0.2) is 0 Å². The molecule has 0 bridgehead atoms. The van der Waals surface area contributed by atoms with Crippen molar-refractivity contribution in [3.63, 3.8) is 0 Å². The van der Waals surface area contributed by atoms with E-state index in [1.54, 1.807) is 10.7 Å². The van der Waals surface area contributed by atoms with E-state index in [1.165, 1.54) is 0 Å². The maximum absolute atomic E-state index is 12.8. The molecule has 1 N–H and O–H groups in total. The Labute approximate surface area is 140 Å². The summed E-state index contributed by atoms with van der Waals surface area (Å²) in [6.45, 7) is 1.93. The second-order valence-electron chi connectivity index (χ2n) is 6.45. The molecule has 2 aliphatic rings. The molecule has 1 aliphatic carbocycles. The summed E-state index contributed by atoms with van der Waals surface area (Å²) < 4.78 is 1.68. The van der Waals surface area contributed by atoms with Crippen molar-refractivity contribution in [2.24, 2.45) is 0 Å². The molecule has 4 rings (SSSR count). The molecule has 1 aromatic heterocycles. The summed E-state index contributed by atoms with van der Waals surface area (Å²) in [6, 6.07) is 11.9. The molecule has 0 atom stereocenters. The Kier molecular flexibility index (Phi) is 3.80. The minimum atomic E-state index is -0.180. The molecule has 2 aromatic rings. The van der Waals surface area contributed by atoms with Crippen molar-refractivity contribution in [3.8, 4) is 0 Å². The molecule has 124 valence electrons. The van der Waals surface area contributed by atoms with E-state index in [9.17, 15) is 9.59 Å². The minimum absolute atomic E-state index is 0.0608. The van der Waals surface area contributed by atoms with Crippen LogP contribution >= 0.6 is 0 Å². The molecule has 1 aliphatic heterocycles. The quantitative estimate of drug-likeness (QED) is 0.933. The molecule has 2 heterocycles. The maximum atomic E-state index is 12.8. The molecule has 0 unspecified atom stereocenters. The summed E-state index contributed by atoms with van der Waals surface area (Å²) in [5, 5.41) is 7.26. The number of benzene rings is 1. The van der Waals surface area contributed by atoms with Crippen molar-refractivity contribution in [2.75, 3.05) is 6.54 Å². The highest BCUT2D eigenvalue weighted by molar-refractivity contribution is 5.98. The molecule has 0 spiro atoms.